The summed E-state index contributed by atoms with van der Waals surface area (Å²) in [6, 6.07) is -0.100. The molecule has 2 aromatic rings. The molecule has 2 aromatic heterocycles. The summed E-state index contributed by atoms with van der Waals surface area (Å²) < 4.78 is 22.3. The molecule has 5 rings (SSSR count). The van der Waals surface area contributed by atoms with Gasteiger partial charge in [0.1, 0.15) is 11.3 Å². The zero-order valence-electron chi connectivity index (χ0n) is 18.3. The Morgan fingerprint density at radius 1 is 1.39 bits per heavy atom. The second-order valence-corrected chi connectivity index (χ2v) is 9.11. The number of ether oxygens (including phenoxy) is 1. The maximum atomic E-state index is 14.7. The summed E-state index contributed by atoms with van der Waals surface area (Å²) >= 11 is 0. The van der Waals surface area contributed by atoms with E-state index >= 15 is 0 Å². The van der Waals surface area contributed by atoms with E-state index in [9.17, 15) is 23.9 Å². The Balaban J connectivity index is 1.55. The van der Waals surface area contributed by atoms with Crippen molar-refractivity contribution in [3.05, 3.63) is 33.8 Å². The lowest BCUT2D eigenvalue weighted by Gasteiger charge is -2.32. The maximum absolute atomic E-state index is 14.7. The number of fused-ring (bicyclic) bond motifs is 1. The van der Waals surface area contributed by atoms with Crippen LogP contribution in [0.3, 0.4) is 0 Å². The van der Waals surface area contributed by atoms with Gasteiger partial charge in [-0.1, -0.05) is 0 Å². The number of morpholine rings is 1. The lowest BCUT2D eigenvalue weighted by molar-refractivity contribution is -0.133. The predicted molar refractivity (Wildman–Crippen MR) is 116 cm³/mol. The molecule has 2 saturated carbocycles. The van der Waals surface area contributed by atoms with Crippen molar-refractivity contribution in [2.75, 3.05) is 19.8 Å². The fourth-order valence-corrected chi connectivity index (χ4v) is 4.05. The van der Waals surface area contributed by atoms with Crippen LogP contribution in [0.15, 0.2) is 17.1 Å². The Labute approximate surface area is 188 Å². The molecule has 176 valence electrons. The van der Waals surface area contributed by atoms with Gasteiger partial charge in [0.25, 0.3) is 11.5 Å². The van der Waals surface area contributed by atoms with Gasteiger partial charge >= 0.3 is 0 Å². The SMILES string of the molecule is CC1COCCN1C(=O)C=Cc1cnn2c(O)c(C(=O)NC3CC3)c(=O)n(CC3(F)CC3)c12. The van der Waals surface area contributed by atoms with Crippen LogP contribution in [0.25, 0.3) is 11.7 Å². The molecule has 1 saturated heterocycles. The highest BCUT2D eigenvalue weighted by Crippen LogP contribution is 2.41. The third-order valence-corrected chi connectivity index (χ3v) is 6.34. The third-order valence-electron chi connectivity index (χ3n) is 6.34. The van der Waals surface area contributed by atoms with Gasteiger partial charge in [0.2, 0.25) is 11.8 Å². The second-order valence-electron chi connectivity index (χ2n) is 9.11. The zero-order chi connectivity index (χ0) is 23.3. The van der Waals surface area contributed by atoms with E-state index in [4.69, 9.17) is 4.74 Å². The predicted octanol–water partition coefficient (Wildman–Crippen LogP) is 0.856. The summed E-state index contributed by atoms with van der Waals surface area (Å²) in [7, 11) is 0. The van der Waals surface area contributed by atoms with Gasteiger partial charge in [-0.2, -0.15) is 9.61 Å². The lowest BCUT2D eigenvalue weighted by atomic mass is 10.2. The van der Waals surface area contributed by atoms with Gasteiger partial charge in [0.05, 0.1) is 32.0 Å². The topological polar surface area (TPSA) is 118 Å². The first-order valence-corrected chi connectivity index (χ1v) is 11.2. The van der Waals surface area contributed by atoms with Crippen molar-refractivity contribution >= 4 is 23.5 Å². The zero-order valence-corrected chi connectivity index (χ0v) is 18.3. The van der Waals surface area contributed by atoms with Crippen molar-refractivity contribution < 1.29 is 23.8 Å². The standard InChI is InChI=1S/C22H26FN5O5/c1-13-11-33-9-8-26(13)16(29)5-2-14-10-24-28-19(14)27(12-22(23)6-7-22)20(31)17(21(28)32)18(30)25-15-3-4-15/h2,5,10,13,15,32H,3-4,6-9,11-12H2,1H3,(H,25,30). The second kappa shape index (κ2) is 7.98. The van der Waals surface area contributed by atoms with Gasteiger partial charge in [-0.05, 0) is 38.7 Å². The van der Waals surface area contributed by atoms with Crippen molar-refractivity contribution in [2.24, 2.45) is 0 Å². The van der Waals surface area contributed by atoms with Gasteiger partial charge in [0.15, 0.2) is 5.56 Å². The number of carbonyl (C=O) groups excluding carboxylic acids is 2. The summed E-state index contributed by atoms with van der Waals surface area (Å²) in [6.07, 6.45) is 6.46. The highest BCUT2D eigenvalue weighted by atomic mass is 19.1. The molecular weight excluding hydrogens is 433 g/mol. The minimum Gasteiger partial charge on any atom is -0.492 e. The van der Waals surface area contributed by atoms with E-state index < -0.39 is 28.6 Å². The number of aromatic nitrogens is 3. The summed E-state index contributed by atoms with van der Waals surface area (Å²) in [5.74, 6) is -1.54. The van der Waals surface area contributed by atoms with Crippen LogP contribution in [0.5, 0.6) is 5.88 Å². The Hall–Kier alpha value is -3.21. The molecule has 2 aliphatic carbocycles. The molecular formula is C22H26FN5O5. The Kier molecular flexibility index (Phi) is 5.23. The first-order valence-electron chi connectivity index (χ1n) is 11.2. The first-order chi connectivity index (χ1) is 15.8. The number of nitrogens with one attached hydrogen (secondary N) is 1. The molecule has 3 fully saturated rings. The molecule has 2 N–H and O–H groups in total. The molecule has 3 heterocycles. The van der Waals surface area contributed by atoms with E-state index in [0.717, 1.165) is 21.9 Å². The van der Waals surface area contributed by atoms with Crippen molar-refractivity contribution in [3.8, 4) is 5.88 Å². The van der Waals surface area contributed by atoms with Crippen molar-refractivity contribution in [2.45, 2.75) is 56.9 Å². The minimum absolute atomic E-state index is 0.0268. The van der Waals surface area contributed by atoms with Gasteiger partial charge in [0, 0.05) is 24.2 Å². The highest BCUT2D eigenvalue weighted by Gasteiger charge is 2.45. The van der Waals surface area contributed by atoms with E-state index in [0.29, 0.717) is 38.2 Å². The Morgan fingerprint density at radius 3 is 2.82 bits per heavy atom. The average molecular weight is 459 g/mol. The first kappa shape index (κ1) is 21.6. The van der Waals surface area contributed by atoms with E-state index in [1.807, 2.05) is 6.92 Å². The molecule has 10 nitrogen and oxygen atoms in total. The highest BCUT2D eigenvalue weighted by molar-refractivity contribution is 5.97. The molecule has 1 aliphatic heterocycles. The Morgan fingerprint density at radius 2 is 2.15 bits per heavy atom. The number of aromatic hydroxyl groups is 1. The quantitative estimate of drug-likeness (QED) is 0.619. The van der Waals surface area contributed by atoms with Gasteiger partial charge < -0.3 is 20.1 Å². The van der Waals surface area contributed by atoms with Crippen LogP contribution in [0, 0.1) is 0 Å². The molecule has 3 aliphatic rings. The number of hydrogen-bond donors (Lipinski definition) is 2. The van der Waals surface area contributed by atoms with E-state index in [1.54, 1.807) is 4.90 Å². The summed E-state index contributed by atoms with van der Waals surface area (Å²) in [6.45, 7) is 3.00. The number of amides is 2. The van der Waals surface area contributed by atoms with Crippen molar-refractivity contribution in [1.82, 2.24) is 24.4 Å². The third kappa shape index (κ3) is 4.12. The van der Waals surface area contributed by atoms with Crippen LogP contribution in [0.4, 0.5) is 4.39 Å². The maximum Gasteiger partial charge on any atom is 0.270 e. The van der Waals surface area contributed by atoms with Gasteiger partial charge in [-0.3, -0.25) is 19.0 Å². The summed E-state index contributed by atoms with van der Waals surface area (Å²) in [5.41, 5.74) is -2.31. The molecule has 2 amide bonds. The fraction of sp³-hybridized carbons (Fsp3) is 0.545. The molecule has 11 heteroatoms. The molecule has 1 unspecified atom stereocenters. The van der Waals surface area contributed by atoms with Crippen molar-refractivity contribution in [3.63, 3.8) is 0 Å². The Bertz CT molecular complexity index is 1210. The minimum atomic E-state index is -1.55. The number of rotatable bonds is 6. The van der Waals surface area contributed by atoms with E-state index in [-0.39, 0.29) is 30.2 Å². The number of halogens is 1. The van der Waals surface area contributed by atoms with Gasteiger partial charge in [-0.15, -0.1) is 0 Å². The normalized spacial score (nSPS) is 22.1. The fourth-order valence-electron chi connectivity index (χ4n) is 4.05. The van der Waals surface area contributed by atoms with E-state index in [1.165, 1.54) is 18.3 Å². The lowest BCUT2D eigenvalue weighted by Crippen LogP contribution is -2.46. The van der Waals surface area contributed by atoms with Crippen LogP contribution < -0.4 is 10.9 Å². The van der Waals surface area contributed by atoms with E-state index in [2.05, 4.69) is 10.4 Å². The number of nitrogens with zero attached hydrogens (tertiary/aromatic N) is 4. The number of carbonyl (C=O) groups is 2. The van der Waals surface area contributed by atoms with Crippen LogP contribution in [-0.4, -0.2) is 73.5 Å². The smallest absolute Gasteiger partial charge is 0.270 e. The molecule has 0 bridgehead atoms. The van der Waals surface area contributed by atoms with Gasteiger partial charge in [-0.25, -0.2) is 4.39 Å². The summed E-state index contributed by atoms with van der Waals surface area (Å²) in [4.78, 5) is 40.3. The van der Waals surface area contributed by atoms with Crippen LogP contribution >= 0.6 is 0 Å². The average Bonchev–Trinajstić information content (AvgIpc) is 3.69. The van der Waals surface area contributed by atoms with Crippen LogP contribution in [0.1, 0.15) is 48.5 Å². The number of alkyl halides is 1. The molecule has 1 atom stereocenters. The van der Waals surface area contributed by atoms with Crippen LogP contribution in [0.2, 0.25) is 0 Å². The molecule has 0 radical (unpaired) electrons. The molecule has 33 heavy (non-hydrogen) atoms. The summed E-state index contributed by atoms with van der Waals surface area (Å²) in [5, 5.41) is 17.5. The molecule has 0 aromatic carbocycles. The number of hydrogen-bond acceptors (Lipinski definition) is 6. The van der Waals surface area contributed by atoms with Crippen molar-refractivity contribution in [1.29, 1.82) is 0 Å². The monoisotopic (exact) mass is 459 g/mol. The largest absolute Gasteiger partial charge is 0.492 e. The molecule has 0 spiro atoms. The van der Waals surface area contributed by atoms with Crippen LogP contribution in [-0.2, 0) is 16.1 Å².